The highest BCUT2D eigenvalue weighted by Crippen LogP contribution is 2.64. The predicted molar refractivity (Wildman–Crippen MR) is 103 cm³/mol. The van der Waals surface area contributed by atoms with Crippen molar-refractivity contribution in [2.24, 2.45) is 11.8 Å². The summed E-state index contributed by atoms with van der Waals surface area (Å²) in [6.07, 6.45) is 2.69. The van der Waals surface area contributed by atoms with E-state index >= 15 is 0 Å². The second-order valence-electron chi connectivity index (χ2n) is 6.82. The maximum atomic E-state index is 15.0. The first-order chi connectivity index (χ1) is 13.8. The molecule has 0 N–H and O–H groups in total. The highest BCUT2D eigenvalue weighted by molar-refractivity contribution is 7.55. The molecule has 3 rings (SSSR count). The van der Waals surface area contributed by atoms with Crippen LogP contribution in [0, 0.1) is 11.8 Å². The van der Waals surface area contributed by atoms with Crippen molar-refractivity contribution in [2.45, 2.75) is 38.9 Å². The van der Waals surface area contributed by atoms with Gasteiger partial charge in [0.05, 0.1) is 26.1 Å². The summed E-state index contributed by atoms with van der Waals surface area (Å²) in [4.78, 5) is 12.3. The number of fused-ring (bicyclic) bond motifs is 1. The van der Waals surface area contributed by atoms with Crippen LogP contribution in [0.4, 0.5) is 8.78 Å². The Bertz CT molecular complexity index is 874. The molecule has 1 aliphatic rings. The number of nitrogens with zero attached hydrogens (tertiary/aromatic N) is 4. The molecule has 0 unspecified atom stereocenters. The van der Waals surface area contributed by atoms with Gasteiger partial charge in [0.15, 0.2) is 10.8 Å². The van der Waals surface area contributed by atoms with Crippen molar-refractivity contribution in [1.29, 1.82) is 0 Å². The minimum Gasteiger partial charge on any atom is -0.381 e. The number of hydrogen-bond donors (Lipinski definition) is 0. The van der Waals surface area contributed by atoms with Crippen molar-refractivity contribution < 1.29 is 27.1 Å². The zero-order chi connectivity index (χ0) is 21.1. The zero-order valence-electron chi connectivity index (χ0n) is 16.3. The topological polar surface area (TPSA) is 88.4 Å². The first-order valence-electron chi connectivity index (χ1n) is 9.47. The molecule has 2 atom stereocenters. The highest BCUT2D eigenvalue weighted by Gasteiger charge is 2.55. The van der Waals surface area contributed by atoms with Gasteiger partial charge in [-0.15, -0.1) is 0 Å². The summed E-state index contributed by atoms with van der Waals surface area (Å²) >= 11 is 6.03. The van der Waals surface area contributed by atoms with Crippen LogP contribution in [0.25, 0.3) is 11.2 Å². The Hall–Kier alpha value is -1.19. The monoisotopic (exact) mass is 452 g/mol. The molecule has 162 valence electrons. The van der Waals surface area contributed by atoms with Gasteiger partial charge in [0, 0.05) is 25.5 Å². The first kappa shape index (κ1) is 22.5. The van der Waals surface area contributed by atoms with Crippen molar-refractivity contribution in [1.82, 2.24) is 19.5 Å². The fraction of sp³-hybridized carbons (Fsp3) is 0.706. The third-order valence-electron chi connectivity index (χ3n) is 4.93. The van der Waals surface area contributed by atoms with Gasteiger partial charge in [-0.05, 0) is 26.2 Å². The molecule has 0 saturated carbocycles. The van der Waals surface area contributed by atoms with Gasteiger partial charge in [-0.25, -0.2) is 15.0 Å². The van der Waals surface area contributed by atoms with E-state index in [9.17, 15) is 13.3 Å². The summed E-state index contributed by atoms with van der Waals surface area (Å²) < 4.78 is 59.7. The largest absolute Gasteiger partial charge is 0.399 e. The summed E-state index contributed by atoms with van der Waals surface area (Å²) in [5.41, 5.74) is -2.62. The third kappa shape index (κ3) is 4.77. The molecule has 2 aromatic rings. The lowest BCUT2D eigenvalue weighted by atomic mass is 9.85. The van der Waals surface area contributed by atoms with Gasteiger partial charge in [-0.3, -0.25) is 4.57 Å². The van der Waals surface area contributed by atoms with E-state index in [1.165, 1.54) is 20.2 Å². The molecule has 3 heterocycles. The average molecular weight is 453 g/mol. The summed E-state index contributed by atoms with van der Waals surface area (Å²) in [6.45, 7) is 3.80. The molecule has 8 nitrogen and oxygen atoms in total. The molecule has 0 bridgehead atoms. The minimum atomic E-state index is -4.56. The number of aromatic nitrogens is 4. The number of imidazole rings is 1. The van der Waals surface area contributed by atoms with Gasteiger partial charge in [0.1, 0.15) is 11.8 Å². The van der Waals surface area contributed by atoms with Crippen molar-refractivity contribution in [3.05, 3.63) is 17.8 Å². The number of ether oxygens (including phenoxy) is 1. The van der Waals surface area contributed by atoms with Gasteiger partial charge in [-0.2, -0.15) is 8.78 Å². The molecule has 0 spiro atoms. The molecule has 1 aliphatic heterocycles. The Kier molecular flexibility index (Phi) is 7.22. The molecular weight excluding hydrogens is 429 g/mol. The van der Waals surface area contributed by atoms with E-state index in [1.54, 1.807) is 10.9 Å². The van der Waals surface area contributed by atoms with Gasteiger partial charge >= 0.3 is 13.3 Å². The number of rotatable bonds is 9. The maximum absolute atomic E-state index is 15.0. The van der Waals surface area contributed by atoms with Crippen LogP contribution in [0.15, 0.2) is 12.7 Å². The zero-order valence-corrected chi connectivity index (χ0v) is 17.9. The van der Waals surface area contributed by atoms with Crippen LogP contribution in [0.1, 0.15) is 26.7 Å². The normalized spacial score (nSPS) is 21.0. The van der Waals surface area contributed by atoms with E-state index in [1.807, 2.05) is 0 Å². The Labute approximate surface area is 172 Å². The maximum Gasteiger partial charge on any atom is 0.399 e. The van der Waals surface area contributed by atoms with Crippen molar-refractivity contribution in [3.8, 4) is 0 Å². The van der Waals surface area contributed by atoms with Crippen LogP contribution < -0.4 is 0 Å². The lowest BCUT2D eigenvalue weighted by molar-refractivity contribution is -0.0384. The summed E-state index contributed by atoms with van der Waals surface area (Å²) in [7, 11) is -4.56. The third-order valence-corrected chi connectivity index (χ3v) is 7.38. The SMILES string of the molecule is CCOP(=O)(OCC)C(F)(F)C[C@@H]1CCOC[C@@H]1Cn1cnc2c(Cl)ncnc21. The van der Waals surface area contributed by atoms with Gasteiger partial charge in [0.2, 0.25) is 0 Å². The summed E-state index contributed by atoms with van der Waals surface area (Å²) in [6, 6.07) is 0. The molecule has 0 amide bonds. The molecule has 0 aromatic carbocycles. The smallest absolute Gasteiger partial charge is 0.381 e. The Morgan fingerprint density at radius 1 is 1.28 bits per heavy atom. The second kappa shape index (κ2) is 9.31. The highest BCUT2D eigenvalue weighted by atomic mass is 35.5. The lowest BCUT2D eigenvalue weighted by Gasteiger charge is -2.35. The first-order valence-corrected chi connectivity index (χ1v) is 11.4. The molecule has 1 fully saturated rings. The molecule has 1 saturated heterocycles. The van der Waals surface area contributed by atoms with Crippen LogP contribution in [-0.2, 0) is 24.9 Å². The summed E-state index contributed by atoms with van der Waals surface area (Å²) in [5.74, 6) is -0.694. The number of hydrogen-bond acceptors (Lipinski definition) is 7. The molecule has 12 heteroatoms. The predicted octanol–water partition coefficient (Wildman–Crippen LogP) is 4.38. The fourth-order valence-electron chi connectivity index (χ4n) is 3.54. The quantitative estimate of drug-likeness (QED) is 0.412. The molecule has 0 radical (unpaired) electrons. The van der Waals surface area contributed by atoms with E-state index in [0.717, 1.165) is 0 Å². The average Bonchev–Trinajstić information content (AvgIpc) is 3.08. The lowest BCUT2D eigenvalue weighted by Crippen LogP contribution is -2.35. The standard InChI is InChI=1S/C17H24ClF2N4O4P/c1-3-27-29(25,28-4-2)17(19,20)7-12-5-6-26-9-13(12)8-24-11-23-14-15(18)21-10-22-16(14)24/h10-13H,3-9H2,1-2H3/t12-,13-/m0/s1. The summed E-state index contributed by atoms with van der Waals surface area (Å²) in [5, 5.41) is 0.228. The fourth-order valence-corrected chi connectivity index (χ4v) is 5.31. The van der Waals surface area contributed by atoms with Gasteiger partial charge in [0.25, 0.3) is 0 Å². The Morgan fingerprint density at radius 3 is 2.69 bits per heavy atom. The van der Waals surface area contributed by atoms with Crippen LogP contribution in [-0.4, -0.2) is 51.6 Å². The Balaban J connectivity index is 1.80. The van der Waals surface area contributed by atoms with Crippen LogP contribution in [0.2, 0.25) is 5.15 Å². The van der Waals surface area contributed by atoms with E-state index in [2.05, 4.69) is 15.0 Å². The van der Waals surface area contributed by atoms with Crippen molar-refractivity contribution >= 4 is 30.4 Å². The van der Waals surface area contributed by atoms with Crippen LogP contribution >= 0.6 is 19.2 Å². The van der Waals surface area contributed by atoms with Gasteiger partial charge < -0.3 is 18.4 Å². The van der Waals surface area contributed by atoms with E-state index in [0.29, 0.717) is 37.3 Å². The van der Waals surface area contributed by atoms with E-state index in [4.69, 9.17) is 25.4 Å². The molecule has 29 heavy (non-hydrogen) atoms. The van der Waals surface area contributed by atoms with Crippen LogP contribution in [0.5, 0.6) is 0 Å². The van der Waals surface area contributed by atoms with Gasteiger partial charge in [-0.1, -0.05) is 11.6 Å². The van der Waals surface area contributed by atoms with Crippen molar-refractivity contribution in [2.75, 3.05) is 26.4 Å². The van der Waals surface area contributed by atoms with E-state index < -0.39 is 25.6 Å². The minimum absolute atomic E-state index is 0.119. The molecule has 2 aromatic heterocycles. The van der Waals surface area contributed by atoms with Crippen LogP contribution in [0.3, 0.4) is 0 Å². The number of alkyl halides is 2. The molecular formula is C17H24ClF2N4O4P. The Morgan fingerprint density at radius 2 is 2.00 bits per heavy atom. The second-order valence-corrected chi connectivity index (χ2v) is 9.34. The molecule has 0 aliphatic carbocycles. The van der Waals surface area contributed by atoms with E-state index in [-0.39, 0.29) is 24.3 Å². The number of halogens is 3. The van der Waals surface area contributed by atoms with Crippen molar-refractivity contribution in [3.63, 3.8) is 0 Å².